The van der Waals surface area contributed by atoms with Crippen LogP contribution in [0.15, 0.2) is 24.3 Å². The van der Waals surface area contributed by atoms with E-state index < -0.39 is 0 Å². The van der Waals surface area contributed by atoms with Crippen molar-refractivity contribution >= 4 is 0 Å². The summed E-state index contributed by atoms with van der Waals surface area (Å²) in [6.07, 6.45) is 0. The fourth-order valence-electron chi connectivity index (χ4n) is 2.77. The summed E-state index contributed by atoms with van der Waals surface area (Å²) < 4.78 is 5.47. The molecule has 0 aromatic heterocycles. The zero-order valence-electron chi connectivity index (χ0n) is 13.4. The number of methoxy groups -OCH3 is 1. The van der Waals surface area contributed by atoms with Crippen molar-refractivity contribution in [2.75, 3.05) is 20.2 Å². The lowest BCUT2D eigenvalue weighted by molar-refractivity contribution is 0.0870. The summed E-state index contributed by atoms with van der Waals surface area (Å²) >= 11 is 0. The Hall–Kier alpha value is -1.06. The van der Waals surface area contributed by atoms with Gasteiger partial charge in [-0.1, -0.05) is 39.0 Å². The van der Waals surface area contributed by atoms with Crippen molar-refractivity contribution in [2.45, 2.75) is 46.3 Å². The zero-order valence-corrected chi connectivity index (χ0v) is 13.4. The second kappa shape index (κ2) is 6.15. The molecular formula is C17H28N2O. The number of rotatable bonds is 3. The second-order valence-corrected chi connectivity index (χ2v) is 6.92. The van der Waals surface area contributed by atoms with Gasteiger partial charge in [-0.3, -0.25) is 4.90 Å². The lowest BCUT2D eigenvalue weighted by atomic mass is 9.84. The molecule has 1 aromatic rings. The number of piperazine rings is 1. The number of hydrogen-bond acceptors (Lipinski definition) is 3. The van der Waals surface area contributed by atoms with E-state index in [2.05, 4.69) is 50.0 Å². The molecule has 0 saturated carbocycles. The van der Waals surface area contributed by atoms with Crippen LogP contribution < -0.4 is 10.1 Å². The number of para-hydroxylation sites is 1. The van der Waals surface area contributed by atoms with Gasteiger partial charge >= 0.3 is 0 Å². The van der Waals surface area contributed by atoms with E-state index in [9.17, 15) is 0 Å². The molecule has 0 amide bonds. The molecule has 0 aliphatic carbocycles. The van der Waals surface area contributed by atoms with Gasteiger partial charge in [0, 0.05) is 37.3 Å². The van der Waals surface area contributed by atoms with E-state index in [0.29, 0.717) is 17.5 Å². The van der Waals surface area contributed by atoms with Gasteiger partial charge in [-0.05, 0) is 18.4 Å². The van der Waals surface area contributed by atoms with Gasteiger partial charge < -0.3 is 10.1 Å². The standard InChI is InChI=1S/C17H28N2O/c1-13-10-18-16(17(2,3)4)12-19(13)11-14-8-6-7-9-15(14)20-5/h6-9,13,16,18H,10-12H2,1-5H3. The second-order valence-electron chi connectivity index (χ2n) is 6.92. The number of benzene rings is 1. The minimum Gasteiger partial charge on any atom is -0.496 e. The molecule has 1 fully saturated rings. The molecule has 3 nitrogen and oxygen atoms in total. The van der Waals surface area contributed by atoms with Crippen LogP contribution >= 0.6 is 0 Å². The molecule has 0 radical (unpaired) electrons. The zero-order chi connectivity index (χ0) is 14.8. The van der Waals surface area contributed by atoms with Crippen molar-refractivity contribution in [3.63, 3.8) is 0 Å². The fourth-order valence-corrected chi connectivity index (χ4v) is 2.77. The van der Waals surface area contributed by atoms with Gasteiger partial charge in [0.15, 0.2) is 0 Å². The van der Waals surface area contributed by atoms with Gasteiger partial charge in [-0.2, -0.15) is 0 Å². The first kappa shape index (κ1) is 15.3. The molecule has 112 valence electrons. The molecule has 1 aromatic carbocycles. The van der Waals surface area contributed by atoms with Crippen molar-refractivity contribution in [3.05, 3.63) is 29.8 Å². The molecule has 2 atom stereocenters. The van der Waals surface area contributed by atoms with Crippen LogP contribution in [0.2, 0.25) is 0 Å². The number of hydrogen-bond donors (Lipinski definition) is 1. The summed E-state index contributed by atoms with van der Waals surface area (Å²) in [4.78, 5) is 2.56. The average molecular weight is 276 g/mol. The Kier molecular flexibility index (Phi) is 4.71. The molecule has 20 heavy (non-hydrogen) atoms. The molecule has 3 heteroatoms. The quantitative estimate of drug-likeness (QED) is 0.918. The monoisotopic (exact) mass is 276 g/mol. The Balaban J connectivity index is 2.10. The largest absolute Gasteiger partial charge is 0.496 e. The van der Waals surface area contributed by atoms with Crippen LogP contribution in [0.3, 0.4) is 0 Å². The van der Waals surface area contributed by atoms with Crippen LogP contribution in [0.4, 0.5) is 0 Å². The van der Waals surface area contributed by atoms with E-state index in [1.54, 1.807) is 7.11 Å². The van der Waals surface area contributed by atoms with Crippen molar-refractivity contribution in [2.24, 2.45) is 5.41 Å². The van der Waals surface area contributed by atoms with Gasteiger partial charge in [0.2, 0.25) is 0 Å². The first-order valence-corrected chi connectivity index (χ1v) is 7.51. The molecule has 1 N–H and O–H groups in total. The van der Waals surface area contributed by atoms with Crippen LogP contribution in [0.5, 0.6) is 5.75 Å². The average Bonchev–Trinajstić information content (AvgIpc) is 2.40. The highest BCUT2D eigenvalue weighted by molar-refractivity contribution is 5.33. The molecule has 2 unspecified atom stereocenters. The van der Waals surface area contributed by atoms with Crippen LogP contribution in [-0.2, 0) is 6.54 Å². The van der Waals surface area contributed by atoms with E-state index in [4.69, 9.17) is 4.74 Å². The van der Waals surface area contributed by atoms with Crippen LogP contribution in [0, 0.1) is 5.41 Å². The van der Waals surface area contributed by atoms with E-state index >= 15 is 0 Å². The molecular weight excluding hydrogens is 248 g/mol. The third-order valence-corrected chi connectivity index (χ3v) is 4.31. The predicted molar refractivity (Wildman–Crippen MR) is 84.1 cm³/mol. The Morgan fingerprint density at radius 1 is 1.30 bits per heavy atom. The lowest BCUT2D eigenvalue weighted by Crippen LogP contribution is -2.59. The summed E-state index contributed by atoms with van der Waals surface area (Å²) in [5, 5.41) is 3.68. The van der Waals surface area contributed by atoms with Crippen LogP contribution in [0.1, 0.15) is 33.3 Å². The first-order valence-electron chi connectivity index (χ1n) is 7.51. The Morgan fingerprint density at radius 2 is 2.00 bits per heavy atom. The summed E-state index contributed by atoms with van der Waals surface area (Å²) in [7, 11) is 1.75. The number of ether oxygens (including phenoxy) is 1. The van der Waals surface area contributed by atoms with Crippen molar-refractivity contribution in [1.29, 1.82) is 0 Å². The molecule has 1 aliphatic rings. The smallest absolute Gasteiger partial charge is 0.123 e. The minimum absolute atomic E-state index is 0.291. The van der Waals surface area contributed by atoms with Crippen molar-refractivity contribution < 1.29 is 4.74 Å². The molecule has 1 aliphatic heterocycles. The number of nitrogens with one attached hydrogen (secondary N) is 1. The van der Waals surface area contributed by atoms with Crippen LogP contribution in [0.25, 0.3) is 0 Å². The highest BCUT2D eigenvalue weighted by atomic mass is 16.5. The highest BCUT2D eigenvalue weighted by Gasteiger charge is 2.32. The molecule has 2 rings (SSSR count). The maximum Gasteiger partial charge on any atom is 0.123 e. The molecule has 0 spiro atoms. The third-order valence-electron chi connectivity index (χ3n) is 4.31. The van der Waals surface area contributed by atoms with Crippen molar-refractivity contribution in [3.8, 4) is 5.75 Å². The number of nitrogens with zero attached hydrogens (tertiary/aromatic N) is 1. The van der Waals surface area contributed by atoms with E-state index in [0.717, 1.165) is 25.4 Å². The predicted octanol–water partition coefficient (Wildman–Crippen LogP) is 2.90. The minimum atomic E-state index is 0.291. The van der Waals surface area contributed by atoms with Gasteiger partial charge in [0.05, 0.1) is 7.11 Å². The highest BCUT2D eigenvalue weighted by Crippen LogP contribution is 2.26. The van der Waals surface area contributed by atoms with Crippen LogP contribution in [-0.4, -0.2) is 37.2 Å². The van der Waals surface area contributed by atoms with Gasteiger partial charge in [0.1, 0.15) is 5.75 Å². The fraction of sp³-hybridized carbons (Fsp3) is 0.647. The Labute approximate surface area is 123 Å². The van der Waals surface area contributed by atoms with E-state index in [1.165, 1.54) is 5.56 Å². The summed E-state index contributed by atoms with van der Waals surface area (Å²) in [6, 6.07) is 9.42. The van der Waals surface area contributed by atoms with E-state index in [-0.39, 0.29) is 0 Å². The summed E-state index contributed by atoms with van der Waals surface area (Å²) in [5.74, 6) is 0.991. The molecule has 0 bridgehead atoms. The summed E-state index contributed by atoms with van der Waals surface area (Å²) in [6.45, 7) is 12.3. The molecule has 1 heterocycles. The van der Waals surface area contributed by atoms with Crippen molar-refractivity contribution in [1.82, 2.24) is 10.2 Å². The Morgan fingerprint density at radius 3 is 2.65 bits per heavy atom. The topological polar surface area (TPSA) is 24.5 Å². The Bertz CT molecular complexity index is 439. The normalized spacial score (nSPS) is 24.6. The maximum atomic E-state index is 5.47. The summed E-state index contributed by atoms with van der Waals surface area (Å²) in [5.41, 5.74) is 1.57. The van der Waals surface area contributed by atoms with Gasteiger partial charge in [-0.25, -0.2) is 0 Å². The molecule has 1 saturated heterocycles. The van der Waals surface area contributed by atoms with E-state index in [1.807, 2.05) is 12.1 Å². The van der Waals surface area contributed by atoms with Gasteiger partial charge in [0.25, 0.3) is 0 Å². The maximum absolute atomic E-state index is 5.47. The lowest BCUT2D eigenvalue weighted by Gasteiger charge is -2.44. The third kappa shape index (κ3) is 3.53. The first-order chi connectivity index (χ1) is 9.41. The van der Waals surface area contributed by atoms with Gasteiger partial charge in [-0.15, -0.1) is 0 Å². The SMILES string of the molecule is COc1ccccc1CN1CC(C(C)(C)C)NCC1C.